The standard InChI is InChI=1S/C26H24N4O3/c1-4-29-22-11-6-5-10-20(22)21-14-17(12-13-23(21)29)16-27-30-24(31)26(2,28-25(30)32)18-8-7-9-19(15-18)33-3/h5-16H,4H2,1-3H3,(H,28,32)/b27-16-/t26-/m1/s1. The smallest absolute Gasteiger partial charge is 0.346 e. The van der Waals surface area contributed by atoms with Gasteiger partial charge >= 0.3 is 6.03 Å². The molecule has 0 radical (unpaired) electrons. The molecule has 1 saturated heterocycles. The molecule has 1 aromatic heterocycles. The minimum atomic E-state index is -1.22. The van der Waals surface area contributed by atoms with Gasteiger partial charge in [0.2, 0.25) is 0 Å². The number of carbonyl (C=O) groups excluding carboxylic acids is 2. The molecule has 3 aromatic carbocycles. The summed E-state index contributed by atoms with van der Waals surface area (Å²) < 4.78 is 7.53. The quantitative estimate of drug-likeness (QED) is 0.363. The van der Waals surface area contributed by atoms with Crippen LogP contribution in [0.4, 0.5) is 4.79 Å². The summed E-state index contributed by atoms with van der Waals surface area (Å²) in [7, 11) is 1.56. The van der Waals surface area contributed by atoms with Crippen molar-refractivity contribution in [2.75, 3.05) is 7.11 Å². The molecule has 7 nitrogen and oxygen atoms in total. The monoisotopic (exact) mass is 440 g/mol. The van der Waals surface area contributed by atoms with Gasteiger partial charge in [-0.2, -0.15) is 5.10 Å². The molecule has 3 amide bonds. The first-order valence-corrected chi connectivity index (χ1v) is 10.8. The van der Waals surface area contributed by atoms with Crippen LogP contribution in [0.2, 0.25) is 0 Å². The second-order valence-corrected chi connectivity index (χ2v) is 8.19. The number of hydrogen-bond acceptors (Lipinski definition) is 4. The van der Waals surface area contributed by atoms with E-state index in [0.717, 1.165) is 33.4 Å². The van der Waals surface area contributed by atoms with Crippen LogP contribution in [0.25, 0.3) is 21.8 Å². The number of hydrogen-bond donors (Lipinski definition) is 1. The highest BCUT2D eigenvalue weighted by Crippen LogP contribution is 2.32. The molecule has 1 fully saturated rings. The zero-order valence-electron chi connectivity index (χ0n) is 18.7. The number of nitrogens with one attached hydrogen (secondary N) is 1. The minimum Gasteiger partial charge on any atom is -0.497 e. The van der Waals surface area contributed by atoms with Gasteiger partial charge in [0.25, 0.3) is 5.91 Å². The zero-order valence-corrected chi connectivity index (χ0v) is 18.7. The van der Waals surface area contributed by atoms with Gasteiger partial charge in [0.1, 0.15) is 11.3 Å². The summed E-state index contributed by atoms with van der Waals surface area (Å²) in [5, 5.41) is 10.2. The van der Waals surface area contributed by atoms with Crippen LogP contribution in [0.15, 0.2) is 71.8 Å². The molecule has 166 valence electrons. The highest BCUT2D eigenvalue weighted by molar-refractivity contribution is 6.10. The summed E-state index contributed by atoms with van der Waals surface area (Å²) in [6.45, 7) is 4.66. The molecular weight excluding hydrogens is 416 g/mol. The first-order chi connectivity index (χ1) is 16.0. The molecule has 1 N–H and O–H groups in total. The van der Waals surface area contributed by atoms with Crippen LogP contribution in [-0.4, -0.2) is 34.8 Å². The molecule has 0 bridgehead atoms. The van der Waals surface area contributed by atoms with E-state index in [4.69, 9.17) is 4.74 Å². The van der Waals surface area contributed by atoms with Crippen LogP contribution in [-0.2, 0) is 16.9 Å². The Morgan fingerprint density at radius 1 is 1.00 bits per heavy atom. The first-order valence-electron chi connectivity index (χ1n) is 10.8. The van der Waals surface area contributed by atoms with Gasteiger partial charge in [-0.1, -0.05) is 36.4 Å². The molecule has 0 unspecified atom stereocenters. The number of para-hydroxylation sites is 1. The van der Waals surface area contributed by atoms with Crippen molar-refractivity contribution in [2.45, 2.75) is 25.9 Å². The molecule has 2 heterocycles. The van der Waals surface area contributed by atoms with E-state index in [2.05, 4.69) is 34.0 Å². The third-order valence-corrected chi connectivity index (χ3v) is 6.25. The van der Waals surface area contributed by atoms with Crippen LogP contribution in [0.3, 0.4) is 0 Å². The highest BCUT2D eigenvalue weighted by atomic mass is 16.5. The van der Waals surface area contributed by atoms with E-state index in [1.807, 2.05) is 30.3 Å². The number of urea groups is 1. The molecule has 4 aromatic rings. The van der Waals surface area contributed by atoms with E-state index in [0.29, 0.717) is 11.3 Å². The van der Waals surface area contributed by atoms with E-state index in [1.54, 1.807) is 44.5 Å². The number of aryl methyl sites for hydroxylation is 1. The Balaban J connectivity index is 1.48. The second-order valence-electron chi connectivity index (χ2n) is 8.19. The summed E-state index contributed by atoms with van der Waals surface area (Å²) in [6.07, 6.45) is 1.55. The van der Waals surface area contributed by atoms with Crippen LogP contribution >= 0.6 is 0 Å². The number of methoxy groups -OCH3 is 1. The number of carbonyl (C=O) groups is 2. The Morgan fingerprint density at radius 3 is 2.58 bits per heavy atom. The van der Waals surface area contributed by atoms with E-state index in [9.17, 15) is 9.59 Å². The van der Waals surface area contributed by atoms with Crippen LogP contribution < -0.4 is 10.1 Å². The number of benzene rings is 3. The Morgan fingerprint density at radius 2 is 1.79 bits per heavy atom. The maximum atomic E-state index is 13.2. The van der Waals surface area contributed by atoms with Gasteiger partial charge in [0.15, 0.2) is 0 Å². The fourth-order valence-electron chi connectivity index (χ4n) is 4.48. The normalized spacial score (nSPS) is 18.6. The van der Waals surface area contributed by atoms with E-state index in [1.165, 1.54) is 5.52 Å². The van der Waals surface area contributed by atoms with Crippen LogP contribution in [0.5, 0.6) is 5.75 Å². The van der Waals surface area contributed by atoms with Crippen LogP contribution in [0.1, 0.15) is 25.0 Å². The van der Waals surface area contributed by atoms with Crippen molar-refractivity contribution in [3.8, 4) is 5.75 Å². The maximum absolute atomic E-state index is 13.2. The number of hydrazone groups is 1. The second kappa shape index (κ2) is 7.78. The molecule has 5 rings (SSSR count). The maximum Gasteiger partial charge on any atom is 0.346 e. The fourth-order valence-corrected chi connectivity index (χ4v) is 4.48. The fraction of sp³-hybridized carbons (Fsp3) is 0.192. The molecule has 7 heteroatoms. The number of aromatic nitrogens is 1. The number of rotatable bonds is 5. The van der Waals surface area contributed by atoms with E-state index in [-0.39, 0.29) is 0 Å². The van der Waals surface area contributed by atoms with Gasteiger partial charge in [-0.25, -0.2) is 4.79 Å². The summed E-state index contributed by atoms with van der Waals surface area (Å²) in [5.41, 5.74) is 2.52. The van der Waals surface area contributed by atoms with Gasteiger partial charge < -0.3 is 14.6 Å². The average Bonchev–Trinajstić information content (AvgIpc) is 3.28. The third kappa shape index (κ3) is 3.24. The van der Waals surface area contributed by atoms with Gasteiger partial charge in [-0.15, -0.1) is 5.01 Å². The lowest BCUT2D eigenvalue weighted by atomic mass is 9.92. The lowest BCUT2D eigenvalue weighted by Crippen LogP contribution is -2.40. The predicted octanol–water partition coefficient (Wildman–Crippen LogP) is 4.62. The molecule has 1 aliphatic rings. The molecular formula is C26H24N4O3. The van der Waals surface area contributed by atoms with Crippen molar-refractivity contribution in [1.29, 1.82) is 0 Å². The van der Waals surface area contributed by atoms with Gasteiger partial charge in [-0.3, -0.25) is 4.79 Å². The van der Waals surface area contributed by atoms with Crippen molar-refractivity contribution < 1.29 is 14.3 Å². The molecule has 0 aliphatic carbocycles. The van der Waals surface area contributed by atoms with Crippen LogP contribution in [0, 0.1) is 0 Å². The molecule has 1 atom stereocenters. The SMILES string of the molecule is CCn1c2ccccc2c2cc(/C=N\N3C(=O)N[C@](C)(c4cccc(OC)c4)C3=O)ccc21. The van der Waals surface area contributed by atoms with Gasteiger partial charge in [-0.05, 0) is 55.3 Å². The molecule has 33 heavy (non-hydrogen) atoms. The lowest BCUT2D eigenvalue weighted by molar-refractivity contribution is -0.131. The van der Waals surface area contributed by atoms with Crippen molar-refractivity contribution >= 4 is 40.0 Å². The predicted molar refractivity (Wildman–Crippen MR) is 128 cm³/mol. The van der Waals surface area contributed by atoms with E-state index < -0.39 is 17.5 Å². The largest absolute Gasteiger partial charge is 0.497 e. The number of fused-ring (bicyclic) bond motifs is 3. The third-order valence-electron chi connectivity index (χ3n) is 6.25. The zero-order chi connectivity index (χ0) is 23.2. The Bertz CT molecular complexity index is 1440. The Kier molecular flexibility index (Phi) is 4.89. The number of nitrogens with zero attached hydrogens (tertiary/aromatic N) is 3. The first kappa shape index (κ1) is 20.8. The highest BCUT2D eigenvalue weighted by Gasteiger charge is 2.49. The average molecular weight is 441 g/mol. The van der Waals surface area contributed by atoms with E-state index >= 15 is 0 Å². The summed E-state index contributed by atoms with van der Waals surface area (Å²) in [5.74, 6) is 0.165. The Labute approximate surface area is 191 Å². The topological polar surface area (TPSA) is 75.9 Å². The minimum absolute atomic E-state index is 0.444. The summed E-state index contributed by atoms with van der Waals surface area (Å²) >= 11 is 0. The van der Waals surface area contributed by atoms with Gasteiger partial charge in [0, 0.05) is 28.4 Å². The molecule has 0 spiro atoms. The van der Waals surface area contributed by atoms with Crippen molar-refractivity contribution in [2.24, 2.45) is 5.10 Å². The Hall–Kier alpha value is -4.13. The van der Waals surface area contributed by atoms with Crippen molar-refractivity contribution in [3.63, 3.8) is 0 Å². The number of imide groups is 1. The summed E-state index contributed by atoms with van der Waals surface area (Å²) in [4.78, 5) is 25.8. The number of amides is 3. The van der Waals surface area contributed by atoms with Crippen molar-refractivity contribution in [3.05, 3.63) is 77.9 Å². The molecule has 0 saturated carbocycles. The lowest BCUT2D eigenvalue weighted by Gasteiger charge is -2.21. The summed E-state index contributed by atoms with van der Waals surface area (Å²) in [6, 6.07) is 20.8. The van der Waals surface area contributed by atoms with Gasteiger partial charge in [0.05, 0.1) is 13.3 Å². The van der Waals surface area contributed by atoms with Crippen molar-refractivity contribution in [1.82, 2.24) is 14.9 Å². The molecule has 1 aliphatic heterocycles. The number of ether oxygens (including phenoxy) is 1.